The Morgan fingerprint density at radius 1 is 1.07 bits per heavy atom. The molecular formula is C22H19N3O2S. The molecule has 0 spiro atoms. The second kappa shape index (κ2) is 8.19. The largest absolute Gasteiger partial charge is 0.352 e. The highest BCUT2D eigenvalue weighted by atomic mass is 32.1. The SMILES string of the molecule is Cc1ccsc1CCNC(=O)c1cccc(-c2nc(-c3ccccc3)no2)c1. The van der Waals surface area contributed by atoms with Crippen molar-refractivity contribution in [2.75, 3.05) is 6.54 Å². The molecule has 140 valence electrons. The second-order valence-electron chi connectivity index (χ2n) is 6.40. The topological polar surface area (TPSA) is 68.0 Å². The average molecular weight is 389 g/mol. The number of carbonyl (C=O) groups is 1. The van der Waals surface area contributed by atoms with Gasteiger partial charge in [0.2, 0.25) is 5.82 Å². The molecule has 0 saturated heterocycles. The molecule has 0 radical (unpaired) electrons. The van der Waals surface area contributed by atoms with Crippen molar-refractivity contribution < 1.29 is 9.32 Å². The van der Waals surface area contributed by atoms with E-state index in [0.29, 0.717) is 23.8 Å². The van der Waals surface area contributed by atoms with Crippen LogP contribution in [-0.4, -0.2) is 22.6 Å². The van der Waals surface area contributed by atoms with Crippen molar-refractivity contribution in [2.45, 2.75) is 13.3 Å². The third-order valence-electron chi connectivity index (χ3n) is 4.44. The van der Waals surface area contributed by atoms with Crippen molar-refractivity contribution in [2.24, 2.45) is 0 Å². The molecule has 2 aromatic carbocycles. The zero-order valence-electron chi connectivity index (χ0n) is 15.4. The molecule has 4 rings (SSSR count). The second-order valence-corrected chi connectivity index (χ2v) is 7.40. The van der Waals surface area contributed by atoms with E-state index in [1.54, 1.807) is 23.5 Å². The number of nitrogens with zero attached hydrogens (tertiary/aromatic N) is 2. The van der Waals surface area contributed by atoms with Gasteiger partial charge in [0.15, 0.2) is 0 Å². The van der Waals surface area contributed by atoms with Gasteiger partial charge in [0.05, 0.1) is 0 Å². The maximum Gasteiger partial charge on any atom is 0.258 e. The predicted octanol–water partition coefficient (Wildman–Crippen LogP) is 4.75. The van der Waals surface area contributed by atoms with E-state index in [1.165, 1.54) is 10.4 Å². The molecule has 2 aromatic heterocycles. The fourth-order valence-corrected chi connectivity index (χ4v) is 3.80. The maximum atomic E-state index is 12.5. The van der Waals surface area contributed by atoms with Gasteiger partial charge in [-0.3, -0.25) is 4.79 Å². The summed E-state index contributed by atoms with van der Waals surface area (Å²) in [7, 11) is 0. The van der Waals surface area contributed by atoms with Gasteiger partial charge in [-0.1, -0.05) is 41.6 Å². The van der Waals surface area contributed by atoms with Gasteiger partial charge in [-0.2, -0.15) is 4.98 Å². The lowest BCUT2D eigenvalue weighted by Gasteiger charge is -2.06. The molecule has 0 aliphatic carbocycles. The smallest absolute Gasteiger partial charge is 0.258 e. The molecule has 1 N–H and O–H groups in total. The fourth-order valence-electron chi connectivity index (χ4n) is 2.89. The number of hydrogen-bond acceptors (Lipinski definition) is 5. The predicted molar refractivity (Wildman–Crippen MR) is 110 cm³/mol. The van der Waals surface area contributed by atoms with Crippen molar-refractivity contribution in [1.82, 2.24) is 15.5 Å². The highest BCUT2D eigenvalue weighted by Crippen LogP contribution is 2.23. The molecule has 6 heteroatoms. The van der Waals surface area contributed by atoms with Crippen LogP contribution in [0.2, 0.25) is 0 Å². The number of aromatic nitrogens is 2. The molecule has 0 aliphatic heterocycles. The van der Waals surface area contributed by atoms with Crippen molar-refractivity contribution >= 4 is 17.2 Å². The Balaban J connectivity index is 1.45. The summed E-state index contributed by atoms with van der Waals surface area (Å²) in [6.07, 6.45) is 0.832. The molecule has 0 unspecified atom stereocenters. The Labute approximate surface area is 167 Å². The monoisotopic (exact) mass is 389 g/mol. The number of aryl methyl sites for hydroxylation is 1. The number of thiophene rings is 1. The molecule has 0 atom stereocenters. The number of hydrogen-bond donors (Lipinski definition) is 1. The lowest BCUT2D eigenvalue weighted by atomic mass is 10.1. The Hall–Kier alpha value is -3.25. The lowest BCUT2D eigenvalue weighted by Crippen LogP contribution is -2.25. The third kappa shape index (κ3) is 4.02. The molecule has 5 nitrogen and oxygen atoms in total. The molecular weight excluding hydrogens is 370 g/mol. The van der Waals surface area contributed by atoms with Crippen molar-refractivity contribution in [3.63, 3.8) is 0 Å². The van der Waals surface area contributed by atoms with Crippen LogP contribution in [0, 0.1) is 6.92 Å². The van der Waals surface area contributed by atoms with E-state index in [1.807, 2.05) is 42.5 Å². The highest BCUT2D eigenvalue weighted by molar-refractivity contribution is 7.10. The van der Waals surface area contributed by atoms with Gasteiger partial charge in [0.1, 0.15) is 0 Å². The first-order valence-electron chi connectivity index (χ1n) is 9.01. The minimum atomic E-state index is -0.112. The minimum absolute atomic E-state index is 0.112. The summed E-state index contributed by atoms with van der Waals surface area (Å²) in [4.78, 5) is 18.2. The Kier molecular flexibility index (Phi) is 5.30. The lowest BCUT2D eigenvalue weighted by molar-refractivity contribution is 0.0954. The Morgan fingerprint density at radius 2 is 1.89 bits per heavy atom. The van der Waals surface area contributed by atoms with E-state index >= 15 is 0 Å². The first-order valence-corrected chi connectivity index (χ1v) is 9.89. The van der Waals surface area contributed by atoms with Gasteiger partial charge in [0, 0.05) is 28.1 Å². The summed E-state index contributed by atoms with van der Waals surface area (Å²) in [5, 5.41) is 9.09. The van der Waals surface area contributed by atoms with E-state index < -0.39 is 0 Å². The standard InChI is InChI=1S/C22H19N3O2S/c1-15-11-13-28-19(15)10-12-23-21(26)17-8-5-9-18(14-17)22-24-20(25-27-22)16-6-3-2-4-7-16/h2-9,11,13-14H,10,12H2,1H3,(H,23,26). The van der Waals surface area contributed by atoms with E-state index in [9.17, 15) is 4.79 Å². The van der Waals surface area contributed by atoms with Gasteiger partial charge in [-0.15, -0.1) is 11.3 Å². The van der Waals surface area contributed by atoms with Crippen LogP contribution in [-0.2, 0) is 6.42 Å². The number of amides is 1. The number of nitrogens with one attached hydrogen (secondary N) is 1. The van der Waals surface area contributed by atoms with Crippen molar-refractivity contribution in [1.29, 1.82) is 0 Å². The van der Waals surface area contributed by atoms with Crippen LogP contribution >= 0.6 is 11.3 Å². The first kappa shape index (κ1) is 18.1. The molecule has 4 aromatic rings. The zero-order chi connectivity index (χ0) is 19.3. The van der Waals surface area contributed by atoms with Crippen LogP contribution in [0.3, 0.4) is 0 Å². The molecule has 0 aliphatic rings. The summed E-state index contributed by atoms with van der Waals surface area (Å²) >= 11 is 1.72. The average Bonchev–Trinajstić information content (AvgIpc) is 3.38. The van der Waals surface area contributed by atoms with Crippen LogP contribution in [0.4, 0.5) is 0 Å². The van der Waals surface area contributed by atoms with Crippen LogP contribution in [0.25, 0.3) is 22.8 Å². The van der Waals surface area contributed by atoms with Crippen LogP contribution < -0.4 is 5.32 Å². The summed E-state index contributed by atoms with van der Waals surface area (Å²) < 4.78 is 5.39. The van der Waals surface area contributed by atoms with Gasteiger partial charge < -0.3 is 9.84 Å². The molecule has 0 bridgehead atoms. The quantitative estimate of drug-likeness (QED) is 0.517. The van der Waals surface area contributed by atoms with E-state index in [4.69, 9.17) is 4.52 Å². The summed E-state index contributed by atoms with van der Waals surface area (Å²) in [5.41, 5.74) is 3.44. The number of benzene rings is 2. The fraction of sp³-hybridized carbons (Fsp3) is 0.136. The first-order chi connectivity index (χ1) is 13.7. The van der Waals surface area contributed by atoms with Gasteiger partial charge >= 0.3 is 0 Å². The van der Waals surface area contributed by atoms with E-state index in [2.05, 4.69) is 33.8 Å². The maximum absolute atomic E-state index is 12.5. The third-order valence-corrected chi connectivity index (χ3v) is 5.52. The van der Waals surface area contributed by atoms with Crippen molar-refractivity contribution in [3.8, 4) is 22.8 Å². The van der Waals surface area contributed by atoms with Crippen LogP contribution in [0.1, 0.15) is 20.8 Å². The van der Waals surface area contributed by atoms with Gasteiger partial charge in [0.25, 0.3) is 11.8 Å². The Morgan fingerprint density at radius 3 is 2.68 bits per heavy atom. The molecule has 1 amide bonds. The highest BCUT2D eigenvalue weighted by Gasteiger charge is 2.13. The Bertz CT molecular complexity index is 1090. The number of carbonyl (C=O) groups excluding carboxylic acids is 1. The molecule has 2 heterocycles. The normalized spacial score (nSPS) is 10.8. The zero-order valence-corrected chi connectivity index (χ0v) is 16.2. The van der Waals surface area contributed by atoms with Crippen LogP contribution in [0.5, 0.6) is 0 Å². The van der Waals surface area contributed by atoms with E-state index in [-0.39, 0.29) is 5.91 Å². The summed E-state index contributed by atoms with van der Waals surface area (Å²) in [5.74, 6) is 0.804. The molecule has 0 fully saturated rings. The van der Waals surface area contributed by atoms with Gasteiger partial charge in [-0.05, 0) is 48.6 Å². The van der Waals surface area contributed by atoms with Crippen molar-refractivity contribution in [3.05, 3.63) is 82.0 Å². The summed E-state index contributed by atoms with van der Waals surface area (Å²) in [6.45, 7) is 2.69. The molecule has 0 saturated carbocycles. The van der Waals surface area contributed by atoms with Gasteiger partial charge in [-0.25, -0.2) is 0 Å². The summed E-state index contributed by atoms with van der Waals surface area (Å²) in [6, 6.07) is 19.0. The molecule has 28 heavy (non-hydrogen) atoms. The minimum Gasteiger partial charge on any atom is -0.352 e. The number of rotatable bonds is 6. The van der Waals surface area contributed by atoms with Crippen LogP contribution in [0.15, 0.2) is 70.6 Å². The van der Waals surface area contributed by atoms with E-state index in [0.717, 1.165) is 17.5 Å².